The molecule has 2 aliphatic rings. The summed E-state index contributed by atoms with van der Waals surface area (Å²) in [6, 6.07) is 17.1. The van der Waals surface area contributed by atoms with Crippen LogP contribution in [0.25, 0.3) is 0 Å². The third-order valence-electron chi connectivity index (χ3n) is 6.89. The Morgan fingerprint density at radius 3 is 2.44 bits per heavy atom. The Balaban J connectivity index is 1.46. The average Bonchev–Trinajstić information content (AvgIpc) is 3.31. The molecule has 0 radical (unpaired) electrons. The molecule has 8 nitrogen and oxygen atoms in total. The molecule has 1 saturated heterocycles. The summed E-state index contributed by atoms with van der Waals surface area (Å²) in [5.74, 6) is 0.189. The van der Waals surface area contributed by atoms with E-state index in [0.29, 0.717) is 30.7 Å². The minimum Gasteiger partial charge on any atom is -0.496 e. The second kappa shape index (κ2) is 10.0. The summed E-state index contributed by atoms with van der Waals surface area (Å²) in [6.07, 6.45) is 2.04. The van der Waals surface area contributed by atoms with E-state index in [2.05, 4.69) is 17.4 Å². The SMILES string of the molecule is COc1ccccc1C(=O)NCC1(c2ccccc2)CCC(CS(=O)(=O)N2CCOC2=O)CC1. The molecule has 2 fully saturated rings. The molecule has 0 spiro atoms. The van der Waals surface area contributed by atoms with Crippen LogP contribution in [-0.4, -0.2) is 57.3 Å². The van der Waals surface area contributed by atoms with Crippen molar-refractivity contribution < 1.29 is 27.5 Å². The molecule has 2 amide bonds. The minimum atomic E-state index is -3.71. The number of hydrogen-bond donors (Lipinski definition) is 1. The first-order chi connectivity index (χ1) is 16.3. The topological polar surface area (TPSA) is 102 Å². The van der Waals surface area contributed by atoms with Crippen molar-refractivity contribution in [2.45, 2.75) is 31.1 Å². The number of hydrogen-bond acceptors (Lipinski definition) is 6. The predicted octanol–water partition coefficient (Wildman–Crippen LogP) is 3.34. The predicted molar refractivity (Wildman–Crippen MR) is 127 cm³/mol. The molecule has 4 rings (SSSR count). The van der Waals surface area contributed by atoms with E-state index in [-0.39, 0.29) is 36.1 Å². The van der Waals surface area contributed by atoms with E-state index in [4.69, 9.17) is 9.47 Å². The molecule has 1 aliphatic heterocycles. The molecule has 0 aromatic heterocycles. The number of carbonyl (C=O) groups is 2. The van der Waals surface area contributed by atoms with Gasteiger partial charge in [-0.2, -0.15) is 0 Å². The van der Waals surface area contributed by atoms with Crippen LogP contribution in [0.5, 0.6) is 5.75 Å². The number of ether oxygens (including phenoxy) is 2. The summed E-state index contributed by atoms with van der Waals surface area (Å²) < 4.78 is 36.4. The van der Waals surface area contributed by atoms with E-state index in [1.807, 2.05) is 24.3 Å². The number of benzene rings is 2. The van der Waals surface area contributed by atoms with Gasteiger partial charge in [0.2, 0.25) is 10.0 Å². The third kappa shape index (κ3) is 5.04. The second-order valence-electron chi connectivity index (χ2n) is 8.94. The van der Waals surface area contributed by atoms with Gasteiger partial charge in [-0.3, -0.25) is 4.79 Å². The Labute approximate surface area is 200 Å². The zero-order valence-electron chi connectivity index (χ0n) is 19.2. The maximum absolute atomic E-state index is 13.0. The summed E-state index contributed by atoms with van der Waals surface area (Å²) in [4.78, 5) is 24.7. The molecular formula is C25H30N2O6S. The maximum atomic E-state index is 13.0. The quantitative estimate of drug-likeness (QED) is 0.614. The van der Waals surface area contributed by atoms with E-state index in [1.54, 1.807) is 18.2 Å². The summed E-state index contributed by atoms with van der Waals surface area (Å²) in [5, 5.41) is 3.09. The van der Waals surface area contributed by atoms with Crippen molar-refractivity contribution >= 4 is 22.0 Å². The van der Waals surface area contributed by atoms with Crippen LogP contribution in [0.2, 0.25) is 0 Å². The fourth-order valence-electron chi connectivity index (χ4n) is 4.95. The van der Waals surface area contributed by atoms with E-state index >= 15 is 0 Å². The Hall–Kier alpha value is -3.07. The van der Waals surface area contributed by atoms with Gasteiger partial charge in [0, 0.05) is 12.0 Å². The van der Waals surface area contributed by atoms with Crippen molar-refractivity contribution in [3.05, 3.63) is 65.7 Å². The molecule has 0 unspecified atom stereocenters. The smallest absolute Gasteiger partial charge is 0.423 e. The summed E-state index contributed by atoms with van der Waals surface area (Å²) in [7, 11) is -2.17. The van der Waals surface area contributed by atoms with Crippen LogP contribution < -0.4 is 10.1 Å². The van der Waals surface area contributed by atoms with Crippen molar-refractivity contribution in [3.63, 3.8) is 0 Å². The monoisotopic (exact) mass is 486 g/mol. The van der Waals surface area contributed by atoms with Gasteiger partial charge in [-0.15, -0.1) is 0 Å². The summed E-state index contributed by atoms with van der Waals surface area (Å²) in [5.41, 5.74) is 1.30. The number of sulfonamides is 1. The van der Waals surface area contributed by atoms with Gasteiger partial charge >= 0.3 is 6.09 Å². The van der Waals surface area contributed by atoms with E-state index in [9.17, 15) is 18.0 Å². The van der Waals surface area contributed by atoms with Crippen molar-refractivity contribution in [2.24, 2.45) is 5.92 Å². The van der Waals surface area contributed by atoms with Crippen LogP contribution in [0.1, 0.15) is 41.6 Å². The van der Waals surface area contributed by atoms with Gasteiger partial charge in [0.25, 0.3) is 5.91 Å². The molecule has 9 heteroatoms. The molecule has 1 heterocycles. The van der Waals surface area contributed by atoms with Crippen molar-refractivity contribution in [3.8, 4) is 5.75 Å². The first-order valence-corrected chi connectivity index (χ1v) is 13.1. The minimum absolute atomic E-state index is 0.0554. The number of cyclic esters (lactones) is 1. The van der Waals surface area contributed by atoms with Gasteiger partial charge in [0.05, 0.1) is 25.0 Å². The van der Waals surface area contributed by atoms with E-state index in [1.165, 1.54) is 7.11 Å². The highest BCUT2D eigenvalue weighted by Crippen LogP contribution is 2.42. The van der Waals surface area contributed by atoms with Gasteiger partial charge in [0.1, 0.15) is 12.4 Å². The first-order valence-electron chi connectivity index (χ1n) is 11.5. The van der Waals surface area contributed by atoms with Gasteiger partial charge in [-0.05, 0) is 49.3 Å². The molecule has 1 aliphatic carbocycles. The maximum Gasteiger partial charge on any atom is 0.423 e. The average molecular weight is 487 g/mol. The Kier molecular flexibility index (Phi) is 7.11. The molecule has 2 aromatic carbocycles. The highest BCUT2D eigenvalue weighted by Gasteiger charge is 2.41. The van der Waals surface area contributed by atoms with Crippen LogP contribution in [-0.2, 0) is 20.2 Å². The molecule has 1 saturated carbocycles. The second-order valence-corrected chi connectivity index (χ2v) is 10.9. The van der Waals surface area contributed by atoms with Crippen molar-refractivity contribution in [1.29, 1.82) is 0 Å². The number of nitrogens with zero attached hydrogens (tertiary/aromatic N) is 1. The van der Waals surface area contributed by atoms with E-state index < -0.39 is 16.1 Å². The summed E-state index contributed by atoms with van der Waals surface area (Å²) in [6.45, 7) is 0.619. The van der Waals surface area contributed by atoms with Crippen LogP contribution >= 0.6 is 0 Å². The van der Waals surface area contributed by atoms with Gasteiger partial charge in [-0.1, -0.05) is 42.5 Å². The molecular weight excluding hydrogens is 456 g/mol. The van der Waals surface area contributed by atoms with E-state index in [0.717, 1.165) is 22.7 Å². The molecule has 1 N–H and O–H groups in total. The lowest BCUT2D eigenvalue weighted by Gasteiger charge is -2.41. The lowest BCUT2D eigenvalue weighted by Crippen LogP contribution is -2.44. The van der Waals surface area contributed by atoms with Gasteiger partial charge in [0.15, 0.2) is 0 Å². The van der Waals surface area contributed by atoms with Gasteiger partial charge in [-0.25, -0.2) is 17.5 Å². The Bertz CT molecular complexity index is 1130. The zero-order chi connectivity index (χ0) is 24.2. The van der Waals surface area contributed by atoms with Crippen LogP contribution in [0.3, 0.4) is 0 Å². The van der Waals surface area contributed by atoms with Gasteiger partial charge < -0.3 is 14.8 Å². The third-order valence-corrected chi connectivity index (χ3v) is 8.79. The summed E-state index contributed by atoms with van der Waals surface area (Å²) >= 11 is 0. The van der Waals surface area contributed by atoms with Crippen LogP contribution in [0.4, 0.5) is 4.79 Å². The fraction of sp³-hybridized carbons (Fsp3) is 0.440. The van der Waals surface area contributed by atoms with Crippen LogP contribution in [0, 0.1) is 5.92 Å². The molecule has 2 aromatic rings. The lowest BCUT2D eigenvalue weighted by atomic mass is 9.67. The molecule has 34 heavy (non-hydrogen) atoms. The first kappa shape index (κ1) is 24.1. The number of nitrogens with one attached hydrogen (secondary N) is 1. The fourth-order valence-corrected chi connectivity index (χ4v) is 6.69. The largest absolute Gasteiger partial charge is 0.496 e. The number of methoxy groups -OCH3 is 1. The standard InChI is InChI=1S/C25H30N2O6S/c1-32-22-10-6-5-9-21(22)23(28)26-18-25(20-7-3-2-4-8-20)13-11-19(12-14-25)17-34(30,31)27-15-16-33-24(27)29/h2-10,19H,11-18H2,1H3,(H,26,28). The normalized spacial score (nSPS) is 22.8. The van der Waals surface area contributed by atoms with Crippen LogP contribution in [0.15, 0.2) is 54.6 Å². The highest BCUT2D eigenvalue weighted by molar-refractivity contribution is 7.89. The number of para-hydroxylation sites is 1. The van der Waals surface area contributed by atoms with Crippen molar-refractivity contribution in [1.82, 2.24) is 9.62 Å². The van der Waals surface area contributed by atoms with Crippen molar-refractivity contribution in [2.75, 3.05) is 32.6 Å². The molecule has 182 valence electrons. The Morgan fingerprint density at radius 1 is 1.12 bits per heavy atom. The number of carbonyl (C=O) groups excluding carboxylic acids is 2. The molecule has 0 bridgehead atoms. The zero-order valence-corrected chi connectivity index (χ0v) is 20.1. The Morgan fingerprint density at radius 2 is 1.79 bits per heavy atom. The number of rotatable bonds is 8. The molecule has 0 atom stereocenters. The number of amides is 2. The highest BCUT2D eigenvalue weighted by atomic mass is 32.2. The lowest BCUT2D eigenvalue weighted by molar-refractivity contribution is 0.0930.